The molecule has 0 heterocycles. The maximum absolute atomic E-state index is 13.1. The molecule has 0 bridgehead atoms. The second kappa shape index (κ2) is 13.7. The molecular weight excluding hydrogens is 436 g/mol. The van der Waals surface area contributed by atoms with Crippen LogP contribution in [-0.2, 0) is 25.6 Å². The smallest absolute Gasteiger partial charge is 0.326 e. The number of amides is 3. The summed E-state index contributed by atoms with van der Waals surface area (Å²) in [6, 6.07) is 5.20. The first kappa shape index (κ1) is 29.1. The van der Waals surface area contributed by atoms with Crippen molar-refractivity contribution in [2.24, 2.45) is 23.5 Å². The number of carboxylic acids is 1. The molecule has 0 aliphatic heterocycles. The minimum Gasteiger partial charge on any atom is -0.480 e. The fourth-order valence-corrected chi connectivity index (χ4v) is 3.34. The number of hydrogen-bond acceptors (Lipinski definition) is 5. The largest absolute Gasteiger partial charge is 0.480 e. The molecule has 9 nitrogen and oxygen atoms in total. The van der Waals surface area contributed by atoms with Crippen LogP contribution in [0.25, 0.3) is 0 Å². The zero-order valence-electron chi connectivity index (χ0n) is 21.0. The highest BCUT2D eigenvalue weighted by Crippen LogP contribution is 2.12. The summed E-state index contributed by atoms with van der Waals surface area (Å²) in [4.78, 5) is 50.4. The van der Waals surface area contributed by atoms with E-state index in [1.165, 1.54) is 0 Å². The van der Waals surface area contributed by atoms with Crippen molar-refractivity contribution < 1.29 is 24.3 Å². The van der Waals surface area contributed by atoms with Gasteiger partial charge < -0.3 is 26.8 Å². The SMILES string of the molecule is CCC(C)C(NC(=O)C(N)C(C)C)C(=O)NC(C(=O)NC(Cc1ccccc1)C(=O)O)C(C)C. The van der Waals surface area contributed by atoms with E-state index < -0.39 is 47.9 Å². The second-order valence-corrected chi connectivity index (χ2v) is 9.46. The molecular formula is C25H40N4O5. The van der Waals surface area contributed by atoms with Crippen LogP contribution in [0.3, 0.4) is 0 Å². The molecule has 5 unspecified atom stereocenters. The van der Waals surface area contributed by atoms with Crippen molar-refractivity contribution in [3.8, 4) is 0 Å². The Morgan fingerprint density at radius 1 is 0.824 bits per heavy atom. The highest BCUT2D eigenvalue weighted by molar-refractivity contribution is 5.94. The Morgan fingerprint density at radius 3 is 1.82 bits per heavy atom. The van der Waals surface area contributed by atoms with Gasteiger partial charge in [-0.05, 0) is 23.3 Å². The van der Waals surface area contributed by atoms with Gasteiger partial charge in [-0.3, -0.25) is 14.4 Å². The number of carbonyl (C=O) groups is 4. The summed E-state index contributed by atoms with van der Waals surface area (Å²) in [5, 5.41) is 17.6. The standard InChI is InChI=1S/C25H40N4O5/c1-7-16(6)21(29-22(30)19(26)14(2)3)24(32)28-20(15(4)5)23(31)27-18(25(33)34)13-17-11-9-8-10-12-17/h8-12,14-16,18-21H,7,13,26H2,1-6H3,(H,27,31)(H,28,32)(H,29,30)(H,33,34). The Bertz CT molecular complexity index is 828. The lowest BCUT2D eigenvalue weighted by Gasteiger charge is -2.29. The number of benzene rings is 1. The molecule has 0 fully saturated rings. The maximum Gasteiger partial charge on any atom is 0.326 e. The lowest BCUT2D eigenvalue weighted by molar-refractivity contribution is -0.142. The molecule has 1 aromatic carbocycles. The fraction of sp³-hybridized carbons (Fsp3) is 0.600. The van der Waals surface area contributed by atoms with E-state index in [-0.39, 0.29) is 24.2 Å². The van der Waals surface area contributed by atoms with Gasteiger partial charge in [0.15, 0.2) is 0 Å². The molecule has 6 N–H and O–H groups in total. The normalized spacial score (nSPS) is 15.7. The van der Waals surface area contributed by atoms with Gasteiger partial charge in [0.25, 0.3) is 0 Å². The summed E-state index contributed by atoms with van der Waals surface area (Å²) in [6.07, 6.45) is 0.727. The fourth-order valence-electron chi connectivity index (χ4n) is 3.34. The lowest BCUT2D eigenvalue weighted by atomic mass is 9.95. The van der Waals surface area contributed by atoms with Crippen LogP contribution in [0.5, 0.6) is 0 Å². The van der Waals surface area contributed by atoms with Crippen LogP contribution in [0.1, 0.15) is 53.5 Å². The van der Waals surface area contributed by atoms with E-state index in [1.54, 1.807) is 38.1 Å². The predicted molar refractivity (Wildman–Crippen MR) is 131 cm³/mol. The Balaban J connectivity index is 2.99. The molecule has 0 aromatic heterocycles. The average Bonchev–Trinajstić information content (AvgIpc) is 2.79. The van der Waals surface area contributed by atoms with E-state index in [0.717, 1.165) is 5.56 Å². The van der Waals surface area contributed by atoms with Gasteiger partial charge in [-0.1, -0.05) is 78.3 Å². The van der Waals surface area contributed by atoms with Gasteiger partial charge in [-0.15, -0.1) is 0 Å². The molecule has 0 aliphatic rings. The Labute approximate surface area is 202 Å². The first-order valence-electron chi connectivity index (χ1n) is 11.8. The van der Waals surface area contributed by atoms with Crippen LogP contribution >= 0.6 is 0 Å². The maximum atomic E-state index is 13.1. The predicted octanol–water partition coefficient (Wildman–Crippen LogP) is 1.45. The van der Waals surface area contributed by atoms with Crippen molar-refractivity contribution in [3.05, 3.63) is 35.9 Å². The van der Waals surface area contributed by atoms with Crippen LogP contribution in [-0.4, -0.2) is 53.0 Å². The molecule has 5 atom stereocenters. The summed E-state index contributed by atoms with van der Waals surface area (Å²) in [5.74, 6) is -3.34. The number of aliphatic carboxylic acids is 1. The number of carbonyl (C=O) groups excluding carboxylic acids is 3. The lowest BCUT2D eigenvalue weighted by Crippen LogP contribution is -2.60. The minimum atomic E-state index is -1.17. The molecule has 0 spiro atoms. The van der Waals surface area contributed by atoms with Gasteiger partial charge in [0, 0.05) is 6.42 Å². The summed E-state index contributed by atoms with van der Waals surface area (Å²) >= 11 is 0. The molecule has 9 heteroatoms. The van der Waals surface area contributed by atoms with Gasteiger partial charge in [-0.25, -0.2) is 4.79 Å². The van der Waals surface area contributed by atoms with Crippen LogP contribution in [0.4, 0.5) is 0 Å². The number of nitrogens with two attached hydrogens (primary N) is 1. The third-order valence-electron chi connectivity index (χ3n) is 5.96. The molecule has 0 radical (unpaired) electrons. The van der Waals surface area contributed by atoms with Crippen molar-refractivity contribution in [2.75, 3.05) is 0 Å². The molecule has 0 saturated heterocycles. The number of hydrogen-bond donors (Lipinski definition) is 5. The molecule has 190 valence electrons. The number of rotatable bonds is 13. The Hall–Kier alpha value is -2.94. The summed E-state index contributed by atoms with van der Waals surface area (Å²) in [7, 11) is 0. The highest BCUT2D eigenvalue weighted by Gasteiger charge is 2.34. The van der Waals surface area contributed by atoms with E-state index in [9.17, 15) is 24.3 Å². The van der Waals surface area contributed by atoms with Gasteiger partial charge >= 0.3 is 5.97 Å². The van der Waals surface area contributed by atoms with E-state index in [2.05, 4.69) is 16.0 Å². The second-order valence-electron chi connectivity index (χ2n) is 9.46. The van der Waals surface area contributed by atoms with Crippen molar-refractivity contribution >= 4 is 23.7 Å². The zero-order valence-corrected chi connectivity index (χ0v) is 21.0. The van der Waals surface area contributed by atoms with E-state index in [0.29, 0.717) is 6.42 Å². The van der Waals surface area contributed by atoms with Crippen LogP contribution in [0.2, 0.25) is 0 Å². The topological polar surface area (TPSA) is 151 Å². The highest BCUT2D eigenvalue weighted by atomic mass is 16.4. The first-order valence-corrected chi connectivity index (χ1v) is 11.8. The zero-order chi connectivity index (χ0) is 26.0. The molecule has 34 heavy (non-hydrogen) atoms. The van der Waals surface area contributed by atoms with E-state index >= 15 is 0 Å². The molecule has 3 amide bonds. The Kier molecular flexibility index (Phi) is 11.7. The molecule has 1 aromatic rings. The minimum absolute atomic E-state index is 0.104. The molecule has 0 saturated carbocycles. The van der Waals surface area contributed by atoms with Crippen molar-refractivity contribution in [3.63, 3.8) is 0 Å². The monoisotopic (exact) mass is 476 g/mol. The molecule has 0 aliphatic carbocycles. The van der Waals surface area contributed by atoms with Gasteiger partial charge in [0.05, 0.1) is 6.04 Å². The third-order valence-corrected chi connectivity index (χ3v) is 5.96. The van der Waals surface area contributed by atoms with Crippen LogP contribution in [0.15, 0.2) is 30.3 Å². The summed E-state index contributed by atoms with van der Waals surface area (Å²) in [5.41, 5.74) is 6.70. The first-order chi connectivity index (χ1) is 15.9. The van der Waals surface area contributed by atoms with E-state index in [4.69, 9.17) is 5.73 Å². The third kappa shape index (κ3) is 8.78. The van der Waals surface area contributed by atoms with Crippen LogP contribution in [0, 0.1) is 17.8 Å². The summed E-state index contributed by atoms with van der Waals surface area (Å²) in [6.45, 7) is 10.9. The van der Waals surface area contributed by atoms with Crippen LogP contribution < -0.4 is 21.7 Å². The van der Waals surface area contributed by atoms with Gasteiger partial charge in [0.1, 0.15) is 18.1 Å². The van der Waals surface area contributed by atoms with Crippen molar-refractivity contribution in [2.45, 2.75) is 78.6 Å². The van der Waals surface area contributed by atoms with Crippen molar-refractivity contribution in [1.82, 2.24) is 16.0 Å². The molecule has 1 rings (SSSR count). The average molecular weight is 477 g/mol. The number of nitrogens with one attached hydrogen (secondary N) is 3. The van der Waals surface area contributed by atoms with E-state index in [1.807, 2.05) is 33.8 Å². The summed E-state index contributed by atoms with van der Waals surface area (Å²) < 4.78 is 0. The van der Waals surface area contributed by atoms with Gasteiger partial charge in [-0.2, -0.15) is 0 Å². The Morgan fingerprint density at radius 2 is 1.35 bits per heavy atom. The van der Waals surface area contributed by atoms with Gasteiger partial charge in [0.2, 0.25) is 17.7 Å². The quantitative estimate of drug-likeness (QED) is 0.291. The van der Waals surface area contributed by atoms with Crippen molar-refractivity contribution in [1.29, 1.82) is 0 Å². The number of carboxylic acid groups (broad SMARTS) is 1.